The number of benzene rings is 2. The van der Waals surface area contributed by atoms with Gasteiger partial charge >= 0.3 is 0 Å². The van der Waals surface area contributed by atoms with Crippen LogP contribution in [0.3, 0.4) is 0 Å². The second-order valence-electron chi connectivity index (χ2n) is 7.04. The summed E-state index contributed by atoms with van der Waals surface area (Å²) in [6, 6.07) is 15.1. The number of aromatic nitrogens is 1. The van der Waals surface area contributed by atoms with Gasteiger partial charge in [-0.05, 0) is 54.2 Å². The van der Waals surface area contributed by atoms with Crippen molar-refractivity contribution in [1.82, 2.24) is 9.88 Å². The highest BCUT2D eigenvalue weighted by Crippen LogP contribution is 2.23. The molecule has 1 aliphatic heterocycles. The molecule has 3 nitrogen and oxygen atoms in total. The van der Waals surface area contributed by atoms with Crippen LogP contribution in [0.4, 0.5) is 4.39 Å². The van der Waals surface area contributed by atoms with Gasteiger partial charge in [0.2, 0.25) is 5.91 Å². The Labute approximate surface area is 158 Å². The van der Waals surface area contributed by atoms with Crippen molar-refractivity contribution in [3.8, 4) is 0 Å². The smallest absolute Gasteiger partial charge is 0.222 e. The van der Waals surface area contributed by atoms with Gasteiger partial charge < -0.3 is 9.88 Å². The van der Waals surface area contributed by atoms with E-state index in [0.29, 0.717) is 13.0 Å². The number of aromatic amines is 1. The summed E-state index contributed by atoms with van der Waals surface area (Å²) in [5.74, 6) is -0.0295. The number of nitrogens with zero attached hydrogens (tertiary/aromatic N) is 1. The first kappa shape index (κ1) is 17.5. The van der Waals surface area contributed by atoms with Crippen molar-refractivity contribution in [2.45, 2.75) is 25.7 Å². The number of nitrogens with one attached hydrogen (secondary N) is 1. The maximum absolute atomic E-state index is 13.5. The molecule has 1 aliphatic rings. The number of hydrogen-bond donors (Lipinski definition) is 1. The van der Waals surface area contributed by atoms with Crippen LogP contribution in [0.15, 0.2) is 60.8 Å². The van der Waals surface area contributed by atoms with Gasteiger partial charge in [0.05, 0.1) is 0 Å². The maximum Gasteiger partial charge on any atom is 0.222 e. The van der Waals surface area contributed by atoms with Crippen LogP contribution in [0.1, 0.15) is 30.4 Å². The molecule has 0 unspecified atom stereocenters. The lowest BCUT2D eigenvalue weighted by atomic mass is 9.99. The number of amides is 1. The molecule has 0 radical (unpaired) electrons. The molecule has 0 atom stereocenters. The van der Waals surface area contributed by atoms with Gasteiger partial charge in [-0.25, -0.2) is 4.39 Å². The van der Waals surface area contributed by atoms with Crippen molar-refractivity contribution in [3.05, 3.63) is 77.7 Å². The van der Waals surface area contributed by atoms with Gasteiger partial charge in [0.15, 0.2) is 0 Å². The molecule has 2 aromatic carbocycles. The Balaban J connectivity index is 1.31. The highest BCUT2D eigenvalue weighted by atomic mass is 19.1. The van der Waals surface area contributed by atoms with Crippen LogP contribution in [0.5, 0.6) is 0 Å². The SMILES string of the molecule is O=C(CCCc1c[nH]c2ccc(F)cc12)N1CC=C(c2ccccc2)CC1. The average molecular weight is 362 g/mol. The summed E-state index contributed by atoms with van der Waals surface area (Å²) < 4.78 is 13.5. The molecular weight excluding hydrogens is 339 g/mol. The molecule has 4 heteroatoms. The molecule has 4 rings (SSSR count). The molecule has 0 aliphatic carbocycles. The molecule has 0 saturated heterocycles. The Kier molecular flexibility index (Phi) is 5.05. The Morgan fingerprint density at radius 1 is 1.15 bits per heavy atom. The first-order valence-electron chi connectivity index (χ1n) is 9.48. The third-order valence-corrected chi connectivity index (χ3v) is 5.27. The van der Waals surface area contributed by atoms with Gasteiger partial charge in [-0.1, -0.05) is 36.4 Å². The van der Waals surface area contributed by atoms with E-state index in [1.54, 1.807) is 12.1 Å². The molecule has 138 valence electrons. The van der Waals surface area contributed by atoms with Crippen molar-refractivity contribution in [2.75, 3.05) is 13.1 Å². The van der Waals surface area contributed by atoms with Crippen molar-refractivity contribution < 1.29 is 9.18 Å². The molecule has 0 fully saturated rings. The van der Waals surface area contributed by atoms with E-state index in [1.807, 2.05) is 29.3 Å². The molecular formula is C23H23FN2O. The minimum Gasteiger partial charge on any atom is -0.361 e. The van der Waals surface area contributed by atoms with Gasteiger partial charge in [-0.3, -0.25) is 4.79 Å². The summed E-state index contributed by atoms with van der Waals surface area (Å²) in [7, 11) is 0. The lowest BCUT2D eigenvalue weighted by Crippen LogP contribution is -2.34. The number of rotatable bonds is 5. The van der Waals surface area contributed by atoms with E-state index in [1.165, 1.54) is 17.2 Å². The van der Waals surface area contributed by atoms with Gasteiger partial charge in [-0.2, -0.15) is 0 Å². The predicted octanol–water partition coefficient (Wildman–Crippen LogP) is 4.95. The largest absolute Gasteiger partial charge is 0.361 e. The lowest BCUT2D eigenvalue weighted by molar-refractivity contribution is -0.130. The molecule has 1 aromatic heterocycles. The number of carbonyl (C=O) groups excluding carboxylic acids is 1. The van der Waals surface area contributed by atoms with Gasteiger partial charge in [0, 0.05) is 36.6 Å². The number of aryl methyl sites for hydroxylation is 1. The lowest BCUT2D eigenvalue weighted by Gasteiger charge is -2.26. The third-order valence-electron chi connectivity index (χ3n) is 5.27. The second-order valence-corrected chi connectivity index (χ2v) is 7.04. The molecule has 0 bridgehead atoms. The number of hydrogen-bond acceptors (Lipinski definition) is 1. The van der Waals surface area contributed by atoms with Crippen LogP contribution in [0.25, 0.3) is 16.5 Å². The molecule has 3 aromatic rings. The van der Waals surface area contributed by atoms with Crippen LogP contribution in [0, 0.1) is 5.82 Å². The van der Waals surface area contributed by atoms with Gasteiger partial charge in [-0.15, -0.1) is 0 Å². The van der Waals surface area contributed by atoms with E-state index in [0.717, 1.165) is 42.3 Å². The maximum atomic E-state index is 13.5. The van der Waals surface area contributed by atoms with Crippen LogP contribution in [-0.4, -0.2) is 28.9 Å². The fraction of sp³-hybridized carbons (Fsp3) is 0.261. The fourth-order valence-corrected chi connectivity index (χ4v) is 3.76. The standard InChI is InChI=1S/C23H23FN2O/c24-20-9-10-22-21(15-20)19(16-25-22)7-4-8-23(27)26-13-11-18(12-14-26)17-5-2-1-3-6-17/h1-3,5-6,9-11,15-16,25H,4,7-8,12-14H2. The quantitative estimate of drug-likeness (QED) is 0.685. The normalized spacial score (nSPS) is 14.4. The van der Waals surface area contributed by atoms with Gasteiger partial charge in [0.25, 0.3) is 0 Å². The van der Waals surface area contributed by atoms with E-state index >= 15 is 0 Å². The minimum absolute atomic E-state index is 0.199. The zero-order valence-corrected chi connectivity index (χ0v) is 15.2. The Morgan fingerprint density at radius 2 is 2.00 bits per heavy atom. The van der Waals surface area contributed by atoms with Crippen molar-refractivity contribution in [2.24, 2.45) is 0 Å². The molecule has 1 amide bonds. The third kappa shape index (κ3) is 3.95. The van der Waals surface area contributed by atoms with Crippen molar-refractivity contribution >= 4 is 22.4 Å². The average Bonchev–Trinajstić information content (AvgIpc) is 3.11. The predicted molar refractivity (Wildman–Crippen MR) is 107 cm³/mol. The Hall–Kier alpha value is -2.88. The van der Waals surface area contributed by atoms with Crippen molar-refractivity contribution in [1.29, 1.82) is 0 Å². The van der Waals surface area contributed by atoms with Crippen molar-refractivity contribution in [3.63, 3.8) is 0 Å². The topological polar surface area (TPSA) is 36.1 Å². The Morgan fingerprint density at radius 3 is 2.78 bits per heavy atom. The van der Waals surface area contributed by atoms with Gasteiger partial charge in [0.1, 0.15) is 5.82 Å². The van der Waals surface area contributed by atoms with Crippen LogP contribution < -0.4 is 0 Å². The zero-order valence-electron chi connectivity index (χ0n) is 15.2. The summed E-state index contributed by atoms with van der Waals surface area (Å²) in [6.45, 7) is 1.46. The molecule has 1 N–H and O–H groups in total. The number of H-pyrrole nitrogens is 1. The summed E-state index contributed by atoms with van der Waals surface area (Å²) in [5.41, 5.74) is 4.58. The summed E-state index contributed by atoms with van der Waals surface area (Å²) >= 11 is 0. The van der Waals surface area contributed by atoms with Crippen LogP contribution >= 0.6 is 0 Å². The minimum atomic E-state index is -0.228. The molecule has 2 heterocycles. The molecule has 0 saturated carbocycles. The second kappa shape index (κ2) is 7.78. The first-order valence-corrected chi connectivity index (χ1v) is 9.48. The molecule has 0 spiro atoms. The van der Waals surface area contributed by atoms with E-state index in [4.69, 9.17) is 0 Å². The van der Waals surface area contributed by atoms with E-state index in [2.05, 4.69) is 23.2 Å². The van der Waals surface area contributed by atoms with E-state index in [9.17, 15) is 9.18 Å². The van der Waals surface area contributed by atoms with Crippen LogP contribution in [0.2, 0.25) is 0 Å². The summed E-state index contributed by atoms with van der Waals surface area (Å²) in [4.78, 5) is 17.6. The fourth-order valence-electron chi connectivity index (χ4n) is 3.76. The van der Waals surface area contributed by atoms with Crippen LogP contribution in [-0.2, 0) is 11.2 Å². The monoisotopic (exact) mass is 362 g/mol. The number of fused-ring (bicyclic) bond motifs is 1. The van der Waals surface area contributed by atoms with E-state index in [-0.39, 0.29) is 11.7 Å². The number of halogens is 1. The summed E-state index contributed by atoms with van der Waals surface area (Å²) in [6.07, 6.45) is 7.06. The zero-order chi connectivity index (χ0) is 18.6. The highest BCUT2D eigenvalue weighted by molar-refractivity contribution is 5.83. The Bertz CT molecular complexity index is 974. The molecule has 27 heavy (non-hydrogen) atoms. The summed E-state index contributed by atoms with van der Waals surface area (Å²) in [5, 5.41) is 0.913. The first-order chi connectivity index (χ1) is 13.2. The van der Waals surface area contributed by atoms with E-state index < -0.39 is 0 Å². The number of carbonyl (C=O) groups is 1. The highest BCUT2D eigenvalue weighted by Gasteiger charge is 2.17.